The van der Waals surface area contributed by atoms with Gasteiger partial charge in [0.1, 0.15) is 4.60 Å². The maximum atomic E-state index is 12.2. The summed E-state index contributed by atoms with van der Waals surface area (Å²) < 4.78 is 5.21. The Morgan fingerprint density at radius 3 is 2.71 bits per heavy atom. The highest BCUT2D eigenvalue weighted by Gasteiger charge is 2.15. The molecule has 2 aromatic rings. The van der Waals surface area contributed by atoms with Gasteiger partial charge in [0.05, 0.1) is 18.4 Å². The number of ether oxygens (including phenoxy) is 1. The van der Waals surface area contributed by atoms with Crippen molar-refractivity contribution in [1.82, 2.24) is 4.98 Å². The molecule has 1 amide bonds. The smallest absolute Gasteiger partial charge is 0.339 e. The molecule has 0 radical (unpaired) electrons. The molecular weight excluding hydrogens is 360 g/mol. The van der Waals surface area contributed by atoms with E-state index >= 15 is 0 Å². The Hall–Kier alpha value is -1.92. The summed E-state index contributed by atoms with van der Waals surface area (Å²) >= 11 is 9.09. The third kappa shape index (κ3) is 3.80. The summed E-state index contributed by atoms with van der Waals surface area (Å²) in [6.45, 7) is 0. The van der Waals surface area contributed by atoms with Crippen LogP contribution in [0.25, 0.3) is 0 Å². The first-order chi connectivity index (χ1) is 10.0. The first-order valence-electron chi connectivity index (χ1n) is 5.82. The van der Waals surface area contributed by atoms with Crippen LogP contribution < -0.4 is 5.32 Å². The Labute approximate surface area is 134 Å². The molecule has 21 heavy (non-hydrogen) atoms. The molecule has 1 aromatic heterocycles. The van der Waals surface area contributed by atoms with Crippen molar-refractivity contribution in [1.29, 1.82) is 0 Å². The Kier molecular flexibility index (Phi) is 4.93. The Balaban J connectivity index is 2.32. The number of pyridine rings is 1. The number of carbonyl (C=O) groups excluding carboxylic acids is 2. The third-order valence-corrected chi connectivity index (χ3v) is 3.29. The predicted octanol–water partition coefficient (Wildman–Crippen LogP) is 3.54. The van der Waals surface area contributed by atoms with E-state index in [-0.39, 0.29) is 17.2 Å². The molecule has 0 saturated carbocycles. The topological polar surface area (TPSA) is 68.3 Å². The van der Waals surface area contributed by atoms with Gasteiger partial charge in [-0.3, -0.25) is 4.79 Å². The van der Waals surface area contributed by atoms with E-state index in [4.69, 9.17) is 11.6 Å². The first-order valence-corrected chi connectivity index (χ1v) is 6.99. The predicted molar refractivity (Wildman–Crippen MR) is 82.7 cm³/mol. The number of nitrogens with one attached hydrogen (secondary N) is 1. The third-order valence-electron chi connectivity index (χ3n) is 2.62. The molecule has 0 unspecified atom stereocenters. The number of hydrogen-bond acceptors (Lipinski definition) is 4. The summed E-state index contributed by atoms with van der Waals surface area (Å²) in [7, 11) is 1.27. The van der Waals surface area contributed by atoms with E-state index in [0.717, 1.165) is 0 Å². The van der Waals surface area contributed by atoms with Crippen molar-refractivity contribution < 1.29 is 14.3 Å². The summed E-state index contributed by atoms with van der Waals surface area (Å²) in [6, 6.07) is 7.65. The van der Waals surface area contributed by atoms with E-state index in [1.807, 2.05) is 0 Å². The lowest BCUT2D eigenvalue weighted by molar-refractivity contribution is 0.0602. The monoisotopic (exact) mass is 368 g/mol. The maximum absolute atomic E-state index is 12.2. The molecule has 0 aliphatic rings. The van der Waals surface area contributed by atoms with Gasteiger partial charge in [-0.15, -0.1) is 0 Å². The van der Waals surface area contributed by atoms with Gasteiger partial charge in [-0.05, 0) is 46.3 Å². The van der Waals surface area contributed by atoms with Gasteiger partial charge < -0.3 is 10.1 Å². The SMILES string of the molecule is COC(=O)c1ccc(Cl)cc1NC(=O)c1ccnc(Br)c1. The second-order valence-corrected chi connectivity index (χ2v) is 5.25. The molecule has 0 spiro atoms. The zero-order chi connectivity index (χ0) is 15.4. The molecule has 1 N–H and O–H groups in total. The molecule has 1 aromatic carbocycles. The molecule has 7 heteroatoms. The average Bonchev–Trinajstić information content (AvgIpc) is 2.46. The normalized spacial score (nSPS) is 10.0. The largest absolute Gasteiger partial charge is 0.465 e. The molecule has 0 saturated heterocycles. The number of benzene rings is 1. The van der Waals surface area contributed by atoms with Crippen molar-refractivity contribution >= 4 is 45.1 Å². The van der Waals surface area contributed by atoms with Gasteiger partial charge in [-0.1, -0.05) is 11.6 Å². The van der Waals surface area contributed by atoms with Crippen molar-refractivity contribution in [3.05, 3.63) is 57.3 Å². The van der Waals surface area contributed by atoms with Crippen molar-refractivity contribution in [3.63, 3.8) is 0 Å². The minimum atomic E-state index is -0.558. The lowest BCUT2D eigenvalue weighted by atomic mass is 10.1. The van der Waals surface area contributed by atoms with Crippen molar-refractivity contribution in [2.24, 2.45) is 0 Å². The minimum Gasteiger partial charge on any atom is -0.465 e. The summed E-state index contributed by atoms with van der Waals surface area (Å²) in [5, 5.41) is 3.03. The lowest BCUT2D eigenvalue weighted by Crippen LogP contribution is -2.15. The van der Waals surface area contributed by atoms with Crippen LogP contribution in [0, 0.1) is 0 Å². The molecule has 0 fully saturated rings. The van der Waals surface area contributed by atoms with Crippen LogP contribution in [0.2, 0.25) is 5.02 Å². The van der Waals surface area contributed by atoms with Gasteiger partial charge in [0.25, 0.3) is 5.91 Å². The quantitative estimate of drug-likeness (QED) is 0.664. The molecule has 2 rings (SSSR count). The highest BCUT2D eigenvalue weighted by Crippen LogP contribution is 2.22. The average molecular weight is 370 g/mol. The first kappa shape index (κ1) is 15.5. The van der Waals surface area contributed by atoms with Crippen LogP contribution in [0.15, 0.2) is 41.1 Å². The standard InChI is InChI=1S/C14H10BrClN2O3/c1-21-14(20)10-3-2-9(16)7-11(10)18-13(19)8-4-5-17-12(15)6-8/h2-7H,1H3,(H,18,19). The number of esters is 1. The van der Waals surface area contributed by atoms with Gasteiger partial charge in [0, 0.05) is 16.8 Å². The van der Waals surface area contributed by atoms with E-state index in [9.17, 15) is 9.59 Å². The van der Waals surface area contributed by atoms with Crippen molar-refractivity contribution in [2.45, 2.75) is 0 Å². The zero-order valence-electron chi connectivity index (χ0n) is 10.9. The van der Waals surface area contributed by atoms with Crippen molar-refractivity contribution in [3.8, 4) is 0 Å². The fraction of sp³-hybridized carbons (Fsp3) is 0.0714. The van der Waals surface area contributed by atoms with Crippen molar-refractivity contribution in [2.75, 3.05) is 12.4 Å². The Morgan fingerprint density at radius 2 is 2.05 bits per heavy atom. The lowest BCUT2D eigenvalue weighted by Gasteiger charge is -2.10. The van der Waals surface area contributed by atoms with E-state index in [2.05, 4.69) is 31.0 Å². The number of amides is 1. The number of rotatable bonds is 3. The second-order valence-electron chi connectivity index (χ2n) is 4.00. The number of halogens is 2. The van der Waals surface area contributed by atoms with Gasteiger partial charge in [-0.25, -0.2) is 9.78 Å². The number of nitrogens with zero attached hydrogens (tertiary/aromatic N) is 1. The molecular formula is C14H10BrClN2O3. The van der Waals surface area contributed by atoms with Gasteiger partial charge in [0.2, 0.25) is 0 Å². The number of hydrogen-bond donors (Lipinski definition) is 1. The van der Waals surface area contributed by atoms with Crippen LogP contribution in [0.1, 0.15) is 20.7 Å². The molecule has 0 aliphatic heterocycles. The molecule has 1 heterocycles. The van der Waals surface area contributed by atoms with Crippen LogP contribution in [-0.2, 0) is 4.74 Å². The molecule has 0 bridgehead atoms. The van der Waals surface area contributed by atoms with Crippen LogP contribution >= 0.6 is 27.5 Å². The highest BCUT2D eigenvalue weighted by molar-refractivity contribution is 9.10. The molecule has 0 atom stereocenters. The molecule has 108 valence electrons. The van der Waals surface area contributed by atoms with Crippen LogP contribution in [0.4, 0.5) is 5.69 Å². The Morgan fingerprint density at radius 1 is 1.29 bits per heavy atom. The Bertz CT molecular complexity index is 706. The number of methoxy groups -OCH3 is 1. The van der Waals surface area contributed by atoms with E-state index < -0.39 is 5.97 Å². The number of anilines is 1. The maximum Gasteiger partial charge on any atom is 0.339 e. The second kappa shape index (κ2) is 6.69. The van der Waals surface area contributed by atoms with Gasteiger partial charge in [0.15, 0.2) is 0 Å². The summed E-state index contributed by atoms with van der Waals surface area (Å²) in [5.74, 6) is -0.941. The van der Waals surface area contributed by atoms with E-state index in [0.29, 0.717) is 15.2 Å². The van der Waals surface area contributed by atoms with Crippen LogP contribution in [-0.4, -0.2) is 24.0 Å². The molecule has 5 nitrogen and oxygen atoms in total. The fourth-order valence-electron chi connectivity index (χ4n) is 1.65. The van der Waals surface area contributed by atoms with E-state index in [1.54, 1.807) is 18.2 Å². The minimum absolute atomic E-state index is 0.225. The summed E-state index contributed by atoms with van der Waals surface area (Å²) in [6.07, 6.45) is 1.50. The van der Waals surface area contributed by atoms with Crippen LogP contribution in [0.5, 0.6) is 0 Å². The molecule has 0 aliphatic carbocycles. The van der Waals surface area contributed by atoms with Gasteiger partial charge >= 0.3 is 5.97 Å². The summed E-state index contributed by atoms with van der Waals surface area (Å²) in [4.78, 5) is 27.8. The van der Waals surface area contributed by atoms with Crippen LogP contribution in [0.3, 0.4) is 0 Å². The number of aromatic nitrogens is 1. The summed E-state index contributed by atoms with van der Waals surface area (Å²) in [5.41, 5.74) is 0.906. The zero-order valence-corrected chi connectivity index (χ0v) is 13.2. The van der Waals surface area contributed by atoms with Gasteiger partial charge in [-0.2, -0.15) is 0 Å². The van der Waals surface area contributed by atoms with E-state index in [1.165, 1.54) is 25.4 Å². The fourth-order valence-corrected chi connectivity index (χ4v) is 2.18. The number of carbonyl (C=O) groups is 2. The highest BCUT2D eigenvalue weighted by atomic mass is 79.9.